The van der Waals surface area contributed by atoms with Crippen LogP contribution in [0.4, 0.5) is 0 Å². The zero-order valence-electron chi connectivity index (χ0n) is 9.76. The minimum absolute atomic E-state index is 0.828. The van der Waals surface area contributed by atoms with Gasteiger partial charge in [0.15, 0.2) is 0 Å². The Bertz CT molecular complexity index is 178. The molecule has 2 saturated carbocycles. The largest absolute Gasteiger partial charge is 0.311 e. The molecule has 0 aliphatic heterocycles. The molecule has 0 aromatic heterocycles. The van der Waals surface area contributed by atoms with Gasteiger partial charge in [-0.1, -0.05) is 33.1 Å². The van der Waals surface area contributed by atoms with E-state index in [1.807, 2.05) is 0 Å². The highest BCUT2D eigenvalue weighted by Crippen LogP contribution is 2.29. The van der Waals surface area contributed by atoms with Crippen molar-refractivity contribution < 1.29 is 0 Å². The Balaban J connectivity index is 1.83. The quantitative estimate of drug-likeness (QED) is 0.712. The van der Waals surface area contributed by atoms with Crippen molar-refractivity contribution in [2.75, 3.05) is 0 Å². The molecule has 14 heavy (non-hydrogen) atoms. The molecule has 2 aliphatic carbocycles. The highest BCUT2D eigenvalue weighted by Gasteiger charge is 2.28. The van der Waals surface area contributed by atoms with E-state index in [2.05, 4.69) is 19.2 Å². The first kappa shape index (κ1) is 10.5. The second-order valence-electron chi connectivity index (χ2n) is 5.55. The van der Waals surface area contributed by atoms with Crippen molar-refractivity contribution in [3.05, 3.63) is 0 Å². The highest BCUT2D eigenvalue weighted by atomic mass is 15.0. The summed E-state index contributed by atoms with van der Waals surface area (Å²) in [4.78, 5) is 0. The van der Waals surface area contributed by atoms with Gasteiger partial charge >= 0.3 is 0 Å². The van der Waals surface area contributed by atoms with Crippen LogP contribution < -0.4 is 5.32 Å². The molecule has 2 aliphatic rings. The third-order valence-electron chi connectivity index (χ3n) is 4.40. The van der Waals surface area contributed by atoms with Crippen LogP contribution in [-0.2, 0) is 0 Å². The molecular weight excluding hydrogens is 170 g/mol. The molecule has 2 rings (SSSR count). The predicted molar refractivity (Wildman–Crippen MR) is 61.4 cm³/mol. The SMILES string of the molecule is C[C@@H]1CCCC[C@H]1N[C@@H]1CCC[C@@H]1C. The normalized spacial score (nSPS) is 44.1. The van der Waals surface area contributed by atoms with Gasteiger partial charge in [-0.15, -0.1) is 0 Å². The molecular formula is C13H25N. The van der Waals surface area contributed by atoms with E-state index in [-0.39, 0.29) is 0 Å². The predicted octanol–water partition coefficient (Wildman–Crippen LogP) is 3.34. The van der Waals surface area contributed by atoms with Crippen LogP contribution in [-0.4, -0.2) is 12.1 Å². The molecule has 1 nitrogen and oxygen atoms in total. The Morgan fingerprint density at radius 2 is 1.21 bits per heavy atom. The van der Waals surface area contributed by atoms with Crippen LogP contribution in [0.2, 0.25) is 0 Å². The van der Waals surface area contributed by atoms with E-state index >= 15 is 0 Å². The lowest BCUT2D eigenvalue weighted by molar-refractivity contribution is 0.243. The van der Waals surface area contributed by atoms with E-state index < -0.39 is 0 Å². The van der Waals surface area contributed by atoms with Gasteiger partial charge in [0.2, 0.25) is 0 Å². The van der Waals surface area contributed by atoms with Crippen LogP contribution in [0, 0.1) is 11.8 Å². The fraction of sp³-hybridized carbons (Fsp3) is 1.00. The van der Waals surface area contributed by atoms with Crippen molar-refractivity contribution in [2.45, 2.75) is 70.9 Å². The standard InChI is InChI=1S/C13H25N/c1-10-6-3-4-8-12(10)14-13-9-5-7-11(13)2/h10-14H,3-9H2,1-2H3/t10-,11+,12-,13-/m1/s1. The van der Waals surface area contributed by atoms with Crippen LogP contribution >= 0.6 is 0 Å². The lowest BCUT2D eigenvalue weighted by Gasteiger charge is -2.33. The fourth-order valence-electron chi connectivity index (χ4n) is 3.23. The summed E-state index contributed by atoms with van der Waals surface area (Å²) >= 11 is 0. The maximum absolute atomic E-state index is 3.92. The topological polar surface area (TPSA) is 12.0 Å². The van der Waals surface area contributed by atoms with Gasteiger partial charge in [-0.05, 0) is 37.5 Å². The van der Waals surface area contributed by atoms with Crippen LogP contribution in [0.3, 0.4) is 0 Å². The number of hydrogen-bond donors (Lipinski definition) is 1. The average Bonchev–Trinajstić information content (AvgIpc) is 2.56. The van der Waals surface area contributed by atoms with E-state index in [0.717, 1.165) is 23.9 Å². The fourth-order valence-corrected chi connectivity index (χ4v) is 3.23. The number of hydrogen-bond acceptors (Lipinski definition) is 1. The Hall–Kier alpha value is -0.0400. The lowest BCUT2D eigenvalue weighted by Crippen LogP contribution is -2.44. The van der Waals surface area contributed by atoms with Gasteiger partial charge in [0.1, 0.15) is 0 Å². The molecule has 0 saturated heterocycles. The zero-order valence-corrected chi connectivity index (χ0v) is 9.76. The van der Waals surface area contributed by atoms with Gasteiger partial charge in [-0.2, -0.15) is 0 Å². The van der Waals surface area contributed by atoms with Crippen LogP contribution in [0.5, 0.6) is 0 Å². The molecule has 4 atom stereocenters. The monoisotopic (exact) mass is 195 g/mol. The van der Waals surface area contributed by atoms with E-state index in [9.17, 15) is 0 Å². The van der Waals surface area contributed by atoms with E-state index in [0.29, 0.717) is 0 Å². The summed E-state index contributed by atoms with van der Waals surface area (Å²) in [5, 5.41) is 3.92. The molecule has 0 aromatic carbocycles. The smallest absolute Gasteiger partial charge is 0.00953 e. The summed E-state index contributed by atoms with van der Waals surface area (Å²) in [6.45, 7) is 4.84. The first-order valence-electron chi connectivity index (χ1n) is 6.53. The first-order valence-corrected chi connectivity index (χ1v) is 6.53. The van der Waals surface area contributed by atoms with Gasteiger partial charge < -0.3 is 5.32 Å². The molecule has 82 valence electrons. The first-order chi connectivity index (χ1) is 6.77. The lowest BCUT2D eigenvalue weighted by atomic mass is 9.85. The molecule has 0 aromatic rings. The molecule has 0 bridgehead atoms. The van der Waals surface area contributed by atoms with Crippen LogP contribution in [0.1, 0.15) is 58.8 Å². The maximum Gasteiger partial charge on any atom is 0.00953 e. The second-order valence-corrected chi connectivity index (χ2v) is 5.55. The molecule has 0 unspecified atom stereocenters. The third kappa shape index (κ3) is 2.31. The van der Waals surface area contributed by atoms with Gasteiger partial charge in [-0.3, -0.25) is 0 Å². The highest BCUT2D eigenvalue weighted by molar-refractivity contribution is 4.86. The minimum Gasteiger partial charge on any atom is -0.311 e. The molecule has 1 N–H and O–H groups in total. The van der Waals surface area contributed by atoms with Gasteiger partial charge in [0, 0.05) is 12.1 Å². The van der Waals surface area contributed by atoms with E-state index in [1.165, 1.54) is 44.9 Å². The average molecular weight is 195 g/mol. The zero-order chi connectivity index (χ0) is 9.97. The van der Waals surface area contributed by atoms with E-state index in [4.69, 9.17) is 0 Å². The van der Waals surface area contributed by atoms with Gasteiger partial charge in [-0.25, -0.2) is 0 Å². The molecule has 0 amide bonds. The van der Waals surface area contributed by atoms with Crippen molar-refractivity contribution in [3.8, 4) is 0 Å². The summed E-state index contributed by atoms with van der Waals surface area (Å²) in [6, 6.07) is 1.66. The van der Waals surface area contributed by atoms with Crippen LogP contribution in [0.25, 0.3) is 0 Å². The Morgan fingerprint density at radius 1 is 0.714 bits per heavy atom. The number of nitrogens with one attached hydrogen (secondary N) is 1. The minimum atomic E-state index is 0.828. The number of rotatable bonds is 2. The molecule has 0 radical (unpaired) electrons. The van der Waals surface area contributed by atoms with E-state index in [1.54, 1.807) is 0 Å². The van der Waals surface area contributed by atoms with Crippen molar-refractivity contribution in [1.29, 1.82) is 0 Å². The molecule has 2 fully saturated rings. The second kappa shape index (κ2) is 4.65. The Labute approximate surface area is 88.7 Å². The van der Waals surface area contributed by atoms with Crippen molar-refractivity contribution in [2.24, 2.45) is 11.8 Å². The van der Waals surface area contributed by atoms with Gasteiger partial charge in [0.05, 0.1) is 0 Å². The Morgan fingerprint density at radius 3 is 1.71 bits per heavy atom. The summed E-state index contributed by atoms with van der Waals surface area (Å²) in [5.74, 6) is 1.83. The molecule has 0 spiro atoms. The summed E-state index contributed by atoms with van der Waals surface area (Å²) in [6.07, 6.45) is 10.1. The maximum atomic E-state index is 3.92. The van der Waals surface area contributed by atoms with Crippen LogP contribution in [0.15, 0.2) is 0 Å². The van der Waals surface area contributed by atoms with Crippen molar-refractivity contribution in [3.63, 3.8) is 0 Å². The van der Waals surface area contributed by atoms with Crippen molar-refractivity contribution >= 4 is 0 Å². The van der Waals surface area contributed by atoms with Gasteiger partial charge in [0.25, 0.3) is 0 Å². The summed E-state index contributed by atoms with van der Waals surface area (Å²) in [5.41, 5.74) is 0. The molecule has 0 heterocycles. The van der Waals surface area contributed by atoms with Crippen molar-refractivity contribution in [1.82, 2.24) is 5.32 Å². The molecule has 1 heteroatoms. The third-order valence-corrected chi connectivity index (χ3v) is 4.40. The summed E-state index contributed by atoms with van der Waals surface area (Å²) < 4.78 is 0. The Kier molecular flexibility index (Phi) is 3.48. The summed E-state index contributed by atoms with van der Waals surface area (Å²) in [7, 11) is 0.